The van der Waals surface area contributed by atoms with Gasteiger partial charge in [-0.1, -0.05) is 0 Å². The maximum Gasteiger partial charge on any atom is 0.417 e. The lowest BCUT2D eigenvalue weighted by Gasteiger charge is -2.31. The van der Waals surface area contributed by atoms with E-state index < -0.39 is 11.7 Å². The molecule has 0 amide bonds. The normalized spacial score (nSPS) is 28.4. The Balaban J connectivity index is 2.11. The number of anilines is 1. The zero-order valence-corrected chi connectivity index (χ0v) is 10.1. The first-order chi connectivity index (χ1) is 8.31. The Kier molecular flexibility index (Phi) is 3.23. The fourth-order valence-electron chi connectivity index (χ4n) is 2.28. The summed E-state index contributed by atoms with van der Waals surface area (Å²) < 4.78 is 37.1. The van der Waals surface area contributed by atoms with Gasteiger partial charge in [-0.3, -0.25) is 0 Å². The van der Waals surface area contributed by atoms with Gasteiger partial charge in [-0.2, -0.15) is 13.2 Å². The van der Waals surface area contributed by atoms with E-state index in [1.165, 1.54) is 6.07 Å². The number of hydrogen-bond acceptors (Lipinski definition) is 3. The smallest absolute Gasteiger partial charge is 0.363 e. The van der Waals surface area contributed by atoms with Crippen LogP contribution in [-0.2, 0) is 6.18 Å². The highest BCUT2D eigenvalue weighted by Gasteiger charge is 2.37. The Labute approximate surface area is 104 Å². The third-order valence-corrected chi connectivity index (χ3v) is 3.53. The molecule has 0 saturated heterocycles. The Morgan fingerprint density at radius 3 is 2.61 bits per heavy atom. The van der Waals surface area contributed by atoms with Crippen molar-refractivity contribution in [1.82, 2.24) is 4.98 Å². The van der Waals surface area contributed by atoms with Crippen molar-refractivity contribution in [3.8, 4) is 0 Å². The summed E-state index contributed by atoms with van der Waals surface area (Å²) in [6, 6.07) is 2.37. The van der Waals surface area contributed by atoms with E-state index in [1.807, 2.05) is 6.92 Å². The molecule has 0 aromatic carbocycles. The predicted octanol–water partition coefficient (Wildman–Crippen LogP) is 2.78. The SMILES string of the molecule is C[C@]1(Nc2ccc(C(F)(F)F)cn2)CCC[C@@H]1N. The van der Waals surface area contributed by atoms with Crippen molar-refractivity contribution in [2.45, 2.75) is 43.9 Å². The molecule has 1 saturated carbocycles. The molecule has 3 nitrogen and oxygen atoms in total. The summed E-state index contributed by atoms with van der Waals surface area (Å²) in [5.74, 6) is 0.433. The average Bonchev–Trinajstić information content (AvgIpc) is 2.58. The number of nitrogens with two attached hydrogens (primary N) is 1. The Morgan fingerprint density at radius 2 is 2.17 bits per heavy atom. The summed E-state index contributed by atoms with van der Waals surface area (Å²) >= 11 is 0. The lowest BCUT2D eigenvalue weighted by Crippen LogP contribution is -2.47. The van der Waals surface area contributed by atoms with Gasteiger partial charge in [0.2, 0.25) is 0 Å². The first kappa shape index (κ1) is 13.1. The first-order valence-electron chi connectivity index (χ1n) is 5.88. The number of halogens is 3. The van der Waals surface area contributed by atoms with Gasteiger partial charge < -0.3 is 11.1 Å². The van der Waals surface area contributed by atoms with Crippen molar-refractivity contribution in [3.63, 3.8) is 0 Å². The molecule has 0 radical (unpaired) electrons. The molecule has 2 atom stereocenters. The summed E-state index contributed by atoms with van der Waals surface area (Å²) in [6.45, 7) is 1.98. The largest absolute Gasteiger partial charge is 0.417 e. The second kappa shape index (κ2) is 4.42. The van der Waals surface area contributed by atoms with Crippen LogP contribution in [0.4, 0.5) is 19.0 Å². The van der Waals surface area contributed by atoms with Gasteiger partial charge in [-0.05, 0) is 38.3 Å². The van der Waals surface area contributed by atoms with Crippen LogP contribution in [0, 0.1) is 0 Å². The number of rotatable bonds is 2. The number of pyridine rings is 1. The van der Waals surface area contributed by atoms with E-state index in [0.29, 0.717) is 5.82 Å². The van der Waals surface area contributed by atoms with Crippen molar-refractivity contribution in [2.75, 3.05) is 5.32 Å². The summed E-state index contributed by atoms with van der Waals surface area (Å²) in [5, 5.41) is 3.14. The zero-order valence-electron chi connectivity index (χ0n) is 10.1. The highest BCUT2D eigenvalue weighted by molar-refractivity contribution is 5.40. The van der Waals surface area contributed by atoms with Crippen LogP contribution in [-0.4, -0.2) is 16.6 Å². The number of aromatic nitrogens is 1. The zero-order chi connectivity index (χ0) is 13.4. The molecule has 0 unspecified atom stereocenters. The summed E-state index contributed by atoms with van der Waals surface area (Å²) in [5.41, 5.74) is 4.96. The minimum atomic E-state index is -4.35. The van der Waals surface area contributed by atoms with E-state index in [0.717, 1.165) is 31.5 Å². The van der Waals surface area contributed by atoms with Crippen LogP contribution < -0.4 is 11.1 Å². The Bertz CT molecular complexity index is 416. The second-order valence-electron chi connectivity index (χ2n) is 4.97. The van der Waals surface area contributed by atoms with Crippen LogP contribution in [0.3, 0.4) is 0 Å². The number of nitrogens with one attached hydrogen (secondary N) is 1. The van der Waals surface area contributed by atoms with Gasteiger partial charge in [-0.15, -0.1) is 0 Å². The second-order valence-corrected chi connectivity index (χ2v) is 4.97. The highest BCUT2D eigenvalue weighted by Crippen LogP contribution is 2.32. The van der Waals surface area contributed by atoms with Crippen LogP contribution in [0.1, 0.15) is 31.7 Å². The fourth-order valence-corrected chi connectivity index (χ4v) is 2.28. The van der Waals surface area contributed by atoms with Gasteiger partial charge in [-0.25, -0.2) is 4.98 Å². The molecule has 0 bridgehead atoms. The topological polar surface area (TPSA) is 50.9 Å². The van der Waals surface area contributed by atoms with Crippen LogP contribution in [0.15, 0.2) is 18.3 Å². The molecular weight excluding hydrogens is 243 g/mol. The van der Waals surface area contributed by atoms with Crippen LogP contribution in [0.25, 0.3) is 0 Å². The lowest BCUT2D eigenvalue weighted by atomic mass is 9.96. The molecule has 1 fully saturated rings. The van der Waals surface area contributed by atoms with Crippen molar-refractivity contribution < 1.29 is 13.2 Å². The Morgan fingerprint density at radius 1 is 1.44 bits per heavy atom. The van der Waals surface area contributed by atoms with E-state index in [1.54, 1.807) is 0 Å². The Hall–Kier alpha value is -1.30. The van der Waals surface area contributed by atoms with Gasteiger partial charge in [0.15, 0.2) is 0 Å². The molecular formula is C12H16F3N3. The first-order valence-corrected chi connectivity index (χ1v) is 5.88. The quantitative estimate of drug-likeness (QED) is 0.858. The molecule has 3 N–H and O–H groups in total. The van der Waals surface area contributed by atoms with E-state index in [9.17, 15) is 13.2 Å². The summed E-state index contributed by atoms with van der Waals surface area (Å²) in [7, 11) is 0. The van der Waals surface area contributed by atoms with E-state index >= 15 is 0 Å². The third-order valence-electron chi connectivity index (χ3n) is 3.53. The molecule has 6 heteroatoms. The van der Waals surface area contributed by atoms with Gasteiger partial charge in [0, 0.05) is 12.2 Å². The monoisotopic (exact) mass is 259 g/mol. The number of alkyl halides is 3. The molecule has 0 aliphatic heterocycles. The summed E-state index contributed by atoms with van der Waals surface area (Å²) in [6.07, 6.45) is -0.669. The van der Waals surface area contributed by atoms with E-state index in [2.05, 4.69) is 10.3 Å². The third kappa shape index (κ3) is 2.58. The van der Waals surface area contributed by atoms with Crippen LogP contribution >= 0.6 is 0 Å². The molecule has 1 heterocycles. The predicted molar refractivity (Wildman–Crippen MR) is 63.1 cm³/mol. The maximum atomic E-state index is 12.4. The van der Waals surface area contributed by atoms with Crippen molar-refractivity contribution in [3.05, 3.63) is 23.9 Å². The summed E-state index contributed by atoms with van der Waals surface area (Å²) in [4.78, 5) is 3.80. The van der Waals surface area contributed by atoms with E-state index in [-0.39, 0.29) is 11.6 Å². The minimum Gasteiger partial charge on any atom is -0.363 e. The van der Waals surface area contributed by atoms with Gasteiger partial charge >= 0.3 is 6.18 Å². The lowest BCUT2D eigenvalue weighted by molar-refractivity contribution is -0.137. The molecule has 2 rings (SSSR count). The molecule has 100 valence electrons. The highest BCUT2D eigenvalue weighted by atomic mass is 19.4. The molecule has 1 aliphatic carbocycles. The number of hydrogen-bond donors (Lipinski definition) is 2. The van der Waals surface area contributed by atoms with Crippen molar-refractivity contribution in [1.29, 1.82) is 0 Å². The number of nitrogens with zero attached hydrogens (tertiary/aromatic N) is 1. The van der Waals surface area contributed by atoms with Gasteiger partial charge in [0.25, 0.3) is 0 Å². The van der Waals surface area contributed by atoms with Gasteiger partial charge in [0.1, 0.15) is 5.82 Å². The van der Waals surface area contributed by atoms with Crippen molar-refractivity contribution in [2.24, 2.45) is 5.73 Å². The van der Waals surface area contributed by atoms with Crippen LogP contribution in [0.2, 0.25) is 0 Å². The molecule has 1 aromatic rings. The molecule has 1 aromatic heterocycles. The average molecular weight is 259 g/mol. The molecule has 0 spiro atoms. The minimum absolute atomic E-state index is 0.00147. The van der Waals surface area contributed by atoms with Crippen LogP contribution in [0.5, 0.6) is 0 Å². The van der Waals surface area contributed by atoms with Gasteiger partial charge in [0.05, 0.1) is 11.1 Å². The maximum absolute atomic E-state index is 12.4. The molecule has 1 aliphatic rings. The standard InChI is InChI=1S/C12H16F3N3/c1-11(6-2-3-9(11)16)18-10-5-4-8(7-17-10)12(13,14)15/h4-5,7,9H,2-3,6,16H2,1H3,(H,17,18)/t9-,11-/m0/s1. The molecule has 18 heavy (non-hydrogen) atoms. The van der Waals surface area contributed by atoms with Crippen molar-refractivity contribution >= 4 is 5.82 Å². The fraction of sp³-hybridized carbons (Fsp3) is 0.583. The van der Waals surface area contributed by atoms with E-state index in [4.69, 9.17) is 5.73 Å².